The van der Waals surface area contributed by atoms with Gasteiger partial charge in [0, 0.05) is 25.2 Å². The SMILES string of the molecule is CC(C)N1CCC(OC(F)F)C(N)C1. The first kappa shape index (κ1) is 11.8. The number of alkyl halides is 2. The topological polar surface area (TPSA) is 38.5 Å². The Kier molecular flexibility index (Phi) is 4.22. The van der Waals surface area contributed by atoms with Gasteiger partial charge < -0.3 is 10.5 Å². The van der Waals surface area contributed by atoms with Crippen molar-refractivity contribution >= 4 is 0 Å². The lowest BCUT2D eigenvalue weighted by Crippen LogP contribution is -2.54. The van der Waals surface area contributed by atoms with Crippen LogP contribution in [0.1, 0.15) is 20.3 Å². The second-order valence-corrected chi connectivity index (χ2v) is 3.98. The molecule has 0 amide bonds. The van der Waals surface area contributed by atoms with E-state index in [1.165, 1.54) is 0 Å². The van der Waals surface area contributed by atoms with Gasteiger partial charge in [0.1, 0.15) is 0 Å². The fourth-order valence-corrected chi connectivity index (χ4v) is 1.76. The van der Waals surface area contributed by atoms with E-state index in [2.05, 4.69) is 23.5 Å². The van der Waals surface area contributed by atoms with E-state index in [0.717, 1.165) is 6.54 Å². The molecule has 84 valence electrons. The van der Waals surface area contributed by atoms with Gasteiger partial charge in [0.05, 0.1) is 6.10 Å². The van der Waals surface area contributed by atoms with E-state index >= 15 is 0 Å². The first-order chi connectivity index (χ1) is 6.50. The minimum absolute atomic E-state index is 0.305. The molecule has 2 N–H and O–H groups in total. The molecule has 0 aromatic rings. The van der Waals surface area contributed by atoms with Gasteiger partial charge in [0.15, 0.2) is 0 Å². The number of hydrogen-bond donors (Lipinski definition) is 1. The van der Waals surface area contributed by atoms with Crippen LogP contribution in [0.25, 0.3) is 0 Å². The molecule has 3 nitrogen and oxygen atoms in total. The van der Waals surface area contributed by atoms with Gasteiger partial charge in [-0.3, -0.25) is 4.90 Å². The minimum Gasteiger partial charge on any atom is -0.324 e. The summed E-state index contributed by atoms with van der Waals surface area (Å²) in [5.74, 6) is 0. The van der Waals surface area contributed by atoms with E-state index in [1.807, 2.05) is 0 Å². The van der Waals surface area contributed by atoms with Gasteiger partial charge in [-0.15, -0.1) is 0 Å². The summed E-state index contributed by atoms with van der Waals surface area (Å²) in [6.07, 6.45) is 0.0916. The van der Waals surface area contributed by atoms with E-state index in [-0.39, 0.29) is 6.04 Å². The second kappa shape index (κ2) is 5.00. The third-order valence-electron chi connectivity index (χ3n) is 2.63. The third kappa shape index (κ3) is 3.15. The summed E-state index contributed by atoms with van der Waals surface area (Å²) in [6, 6.07) is 0.105. The normalized spacial score (nSPS) is 30.2. The van der Waals surface area contributed by atoms with Crippen LogP contribution in [0.2, 0.25) is 0 Å². The number of likely N-dealkylation sites (tertiary alicyclic amines) is 1. The third-order valence-corrected chi connectivity index (χ3v) is 2.63. The summed E-state index contributed by atoms with van der Waals surface area (Å²) in [5, 5.41) is 0. The predicted molar refractivity (Wildman–Crippen MR) is 50.2 cm³/mol. The molecule has 0 radical (unpaired) electrons. The highest BCUT2D eigenvalue weighted by atomic mass is 19.3. The minimum atomic E-state index is -2.71. The lowest BCUT2D eigenvalue weighted by atomic mass is 10.0. The van der Waals surface area contributed by atoms with Crippen molar-refractivity contribution in [1.82, 2.24) is 4.90 Å². The molecule has 1 aliphatic heterocycles. The average molecular weight is 208 g/mol. The maximum Gasteiger partial charge on any atom is 0.345 e. The van der Waals surface area contributed by atoms with Gasteiger partial charge in [-0.1, -0.05) is 0 Å². The fourth-order valence-electron chi connectivity index (χ4n) is 1.76. The number of nitrogens with two attached hydrogens (primary N) is 1. The van der Waals surface area contributed by atoms with Crippen molar-refractivity contribution < 1.29 is 13.5 Å². The summed E-state index contributed by atoms with van der Waals surface area (Å²) in [4.78, 5) is 2.18. The molecule has 1 heterocycles. The molecule has 0 aromatic heterocycles. The quantitative estimate of drug-likeness (QED) is 0.753. The number of hydrogen-bond acceptors (Lipinski definition) is 3. The Balaban J connectivity index is 2.39. The fraction of sp³-hybridized carbons (Fsp3) is 1.00. The van der Waals surface area contributed by atoms with E-state index in [1.54, 1.807) is 0 Å². The highest BCUT2D eigenvalue weighted by Crippen LogP contribution is 2.17. The van der Waals surface area contributed by atoms with Crippen LogP contribution in [-0.4, -0.2) is 42.8 Å². The van der Waals surface area contributed by atoms with Crippen LogP contribution in [0.15, 0.2) is 0 Å². The van der Waals surface area contributed by atoms with E-state index in [0.29, 0.717) is 19.0 Å². The smallest absolute Gasteiger partial charge is 0.324 e. The Morgan fingerprint density at radius 3 is 2.50 bits per heavy atom. The molecule has 2 unspecified atom stereocenters. The molecule has 1 rings (SSSR count). The predicted octanol–water partition coefficient (Wildman–Crippen LogP) is 1.04. The molecular weight excluding hydrogens is 190 g/mol. The van der Waals surface area contributed by atoms with Crippen LogP contribution >= 0.6 is 0 Å². The van der Waals surface area contributed by atoms with Crippen LogP contribution in [0.5, 0.6) is 0 Å². The average Bonchev–Trinajstić information content (AvgIpc) is 2.07. The Labute approximate surface area is 83.2 Å². The van der Waals surface area contributed by atoms with E-state index in [4.69, 9.17) is 5.73 Å². The van der Waals surface area contributed by atoms with Crippen molar-refractivity contribution in [2.24, 2.45) is 5.73 Å². The number of piperidine rings is 1. The highest BCUT2D eigenvalue weighted by molar-refractivity contribution is 4.85. The molecule has 1 saturated heterocycles. The van der Waals surface area contributed by atoms with E-state index < -0.39 is 12.7 Å². The molecule has 0 aromatic carbocycles. The maximum absolute atomic E-state index is 12.0. The Hall–Kier alpha value is -0.260. The van der Waals surface area contributed by atoms with Crippen molar-refractivity contribution in [3.05, 3.63) is 0 Å². The van der Waals surface area contributed by atoms with Crippen molar-refractivity contribution in [3.8, 4) is 0 Å². The van der Waals surface area contributed by atoms with Crippen molar-refractivity contribution in [1.29, 1.82) is 0 Å². The van der Waals surface area contributed by atoms with Crippen molar-refractivity contribution in [3.63, 3.8) is 0 Å². The molecule has 2 atom stereocenters. The number of halogens is 2. The molecule has 1 fully saturated rings. The zero-order valence-corrected chi connectivity index (χ0v) is 8.62. The lowest BCUT2D eigenvalue weighted by Gasteiger charge is -2.38. The van der Waals surface area contributed by atoms with Crippen LogP contribution in [0.4, 0.5) is 8.78 Å². The Bertz CT molecular complexity index is 178. The maximum atomic E-state index is 12.0. The molecule has 0 bridgehead atoms. The second-order valence-electron chi connectivity index (χ2n) is 3.98. The molecule has 1 aliphatic rings. The lowest BCUT2D eigenvalue weighted by molar-refractivity contribution is -0.178. The summed E-state index contributed by atoms with van der Waals surface area (Å²) >= 11 is 0. The Morgan fingerprint density at radius 2 is 2.07 bits per heavy atom. The summed E-state index contributed by atoms with van der Waals surface area (Å²) < 4.78 is 28.4. The van der Waals surface area contributed by atoms with Crippen LogP contribution < -0.4 is 5.73 Å². The van der Waals surface area contributed by atoms with Crippen LogP contribution in [0, 0.1) is 0 Å². The van der Waals surface area contributed by atoms with Crippen LogP contribution in [0.3, 0.4) is 0 Å². The van der Waals surface area contributed by atoms with E-state index in [9.17, 15) is 8.78 Å². The highest BCUT2D eigenvalue weighted by Gasteiger charge is 2.30. The first-order valence-corrected chi connectivity index (χ1v) is 4.94. The van der Waals surface area contributed by atoms with Gasteiger partial charge in [-0.2, -0.15) is 8.78 Å². The number of nitrogens with zero attached hydrogens (tertiary/aromatic N) is 1. The number of ether oxygens (including phenoxy) is 1. The zero-order chi connectivity index (χ0) is 10.7. The first-order valence-electron chi connectivity index (χ1n) is 4.94. The molecular formula is C9H18F2N2O. The van der Waals surface area contributed by atoms with Crippen molar-refractivity contribution in [2.45, 2.75) is 45.1 Å². The molecule has 0 saturated carbocycles. The van der Waals surface area contributed by atoms with Gasteiger partial charge in [-0.25, -0.2) is 0 Å². The largest absolute Gasteiger partial charge is 0.345 e. The zero-order valence-electron chi connectivity index (χ0n) is 8.62. The van der Waals surface area contributed by atoms with Gasteiger partial charge in [0.25, 0.3) is 0 Å². The standard InChI is InChI=1S/C9H18F2N2O/c1-6(2)13-4-3-8(7(12)5-13)14-9(10)11/h6-9H,3-5,12H2,1-2H3. The summed E-state index contributed by atoms with van der Waals surface area (Å²) in [5.41, 5.74) is 5.76. The Morgan fingerprint density at radius 1 is 1.43 bits per heavy atom. The summed E-state index contributed by atoms with van der Waals surface area (Å²) in [7, 11) is 0. The van der Waals surface area contributed by atoms with Crippen molar-refractivity contribution in [2.75, 3.05) is 13.1 Å². The monoisotopic (exact) mass is 208 g/mol. The molecule has 14 heavy (non-hydrogen) atoms. The van der Waals surface area contributed by atoms with Crippen LogP contribution in [-0.2, 0) is 4.74 Å². The van der Waals surface area contributed by atoms with Gasteiger partial charge >= 0.3 is 6.61 Å². The number of rotatable bonds is 3. The summed E-state index contributed by atoms with van der Waals surface area (Å²) in [6.45, 7) is 2.84. The molecule has 0 spiro atoms. The molecule has 0 aliphatic carbocycles. The van der Waals surface area contributed by atoms with Gasteiger partial charge in [-0.05, 0) is 20.3 Å². The van der Waals surface area contributed by atoms with Gasteiger partial charge in [0.2, 0.25) is 0 Å². The molecule has 5 heteroatoms.